The van der Waals surface area contributed by atoms with Gasteiger partial charge in [0.25, 0.3) is 0 Å². The number of benzene rings is 1. The molecule has 1 atom stereocenters. The first-order valence-electron chi connectivity index (χ1n) is 5.80. The van der Waals surface area contributed by atoms with Gasteiger partial charge in [-0.1, -0.05) is 22.9 Å². The Morgan fingerprint density at radius 2 is 2.26 bits per heavy atom. The number of amides is 1. The highest BCUT2D eigenvalue weighted by molar-refractivity contribution is 7.80. The van der Waals surface area contributed by atoms with E-state index in [4.69, 9.17) is 4.84 Å². The number of nitrogens with zero attached hydrogens (tertiary/aromatic N) is 1. The van der Waals surface area contributed by atoms with Gasteiger partial charge in [-0.15, -0.1) is 12.6 Å². The third-order valence-corrected chi connectivity index (χ3v) is 3.22. The zero-order valence-electron chi connectivity index (χ0n) is 10.6. The summed E-state index contributed by atoms with van der Waals surface area (Å²) >= 11 is 4.38. The molecule has 1 heterocycles. The Hall–Kier alpha value is -1.82. The summed E-state index contributed by atoms with van der Waals surface area (Å²) in [7, 11) is 0. The van der Waals surface area contributed by atoms with E-state index in [0.29, 0.717) is 10.6 Å². The number of oxime groups is 1. The van der Waals surface area contributed by atoms with Gasteiger partial charge >= 0.3 is 5.97 Å². The Morgan fingerprint density at radius 3 is 2.89 bits per heavy atom. The molecular formula is C13H14N2O3S. The Kier molecular flexibility index (Phi) is 3.90. The van der Waals surface area contributed by atoms with Crippen LogP contribution in [0.25, 0.3) is 0 Å². The highest BCUT2D eigenvalue weighted by atomic mass is 32.1. The SMILES string of the molecule is CC(=O)NCC1=NOC(=O)C1c1ccc(C)cc1S. The van der Waals surface area contributed by atoms with E-state index in [2.05, 4.69) is 23.1 Å². The van der Waals surface area contributed by atoms with Crippen LogP contribution in [0.1, 0.15) is 24.0 Å². The fourth-order valence-corrected chi connectivity index (χ4v) is 2.31. The molecule has 0 fully saturated rings. The molecule has 1 aromatic carbocycles. The van der Waals surface area contributed by atoms with Gasteiger partial charge in [0.05, 0.1) is 12.3 Å². The molecule has 1 aliphatic heterocycles. The summed E-state index contributed by atoms with van der Waals surface area (Å²) in [6.45, 7) is 3.54. The van der Waals surface area contributed by atoms with Gasteiger partial charge < -0.3 is 10.2 Å². The molecule has 100 valence electrons. The zero-order valence-corrected chi connectivity index (χ0v) is 11.5. The maximum absolute atomic E-state index is 11.8. The minimum absolute atomic E-state index is 0.184. The van der Waals surface area contributed by atoms with Gasteiger partial charge in [0.1, 0.15) is 5.92 Å². The number of carbonyl (C=O) groups excluding carboxylic acids is 2. The molecule has 1 aromatic rings. The third kappa shape index (κ3) is 2.96. The second-order valence-electron chi connectivity index (χ2n) is 4.40. The summed E-state index contributed by atoms with van der Waals surface area (Å²) in [5, 5.41) is 6.34. The molecule has 1 N–H and O–H groups in total. The van der Waals surface area contributed by atoms with Gasteiger partial charge in [0, 0.05) is 11.8 Å². The van der Waals surface area contributed by atoms with Crippen LogP contribution in [0.2, 0.25) is 0 Å². The molecule has 1 aliphatic rings. The monoisotopic (exact) mass is 278 g/mol. The minimum atomic E-state index is -0.597. The van der Waals surface area contributed by atoms with Crippen LogP contribution in [0.5, 0.6) is 0 Å². The molecule has 0 saturated carbocycles. The van der Waals surface area contributed by atoms with Crippen molar-refractivity contribution >= 4 is 30.2 Å². The summed E-state index contributed by atoms with van der Waals surface area (Å²) in [4.78, 5) is 28.1. The van der Waals surface area contributed by atoms with Crippen molar-refractivity contribution in [2.24, 2.45) is 5.16 Å². The van der Waals surface area contributed by atoms with Gasteiger partial charge in [-0.05, 0) is 18.6 Å². The first kappa shape index (κ1) is 13.6. The van der Waals surface area contributed by atoms with Gasteiger partial charge in [-0.2, -0.15) is 0 Å². The summed E-state index contributed by atoms with van der Waals surface area (Å²) in [6.07, 6.45) is 0. The molecule has 1 unspecified atom stereocenters. The lowest BCUT2D eigenvalue weighted by molar-refractivity contribution is -0.141. The molecule has 2 rings (SSSR count). The van der Waals surface area contributed by atoms with E-state index >= 15 is 0 Å². The predicted octanol–water partition coefficient (Wildman–Crippen LogP) is 1.42. The van der Waals surface area contributed by atoms with Crippen LogP contribution >= 0.6 is 12.6 Å². The topological polar surface area (TPSA) is 67.8 Å². The van der Waals surface area contributed by atoms with E-state index in [9.17, 15) is 9.59 Å². The lowest BCUT2D eigenvalue weighted by atomic mass is 9.93. The third-order valence-electron chi connectivity index (χ3n) is 2.84. The van der Waals surface area contributed by atoms with E-state index in [1.54, 1.807) is 0 Å². The predicted molar refractivity (Wildman–Crippen MR) is 73.4 cm³/mol. The zero-order chi connectivity index (χ0) is 14.0. The van der Waals surface area contributed by atoms with Gasteiger partial charge in [0.2, 0.25) is 5.91 Å². The molecule has 0 radical (unpaired) electrons. The van der Waals surface area contributed by atoms with E-state index in [0.717, 1.165) is 11.1 Å². The first-order valence-corrected chi connectivity index (χ1v) is 6.25. The van der Waals surface area contributed by atoms with Crippen LogP contribution in [-0.4, -0.2) is 24.1 Å². The molecule has 0 aromatic heterocycles. The molecule has 0 bridgehead atoms. The highest BCUT2D eigenvalue weighted by Gasteiger charge is 2.35. The molecule has 6 heteroatoms. The van der Waals surface area contributed by atoms with Crippen molar-refractivity contribution in [2.45, 2.75) is 24.7 Å². The standard InChI is InChI=1S/C13H14N2O3S/c1-7-3-4-9(11(19)5-7)12-10(6-14-8(2)16)15-18-13(12)17/h3-5,12,19H,6H2,1-2H3,(H,14,16). The second-order valence-corrected chi connectivity index (χ2v) is 4.88. The molecule has 0 aliphatic carbocycles. The normalized spacial score (nSPS) is 17.9. The number of hydrogen-bond acceptors (Lipinski definition) is 5. The van der Waals surface area contributed by atoms with Crippen molar-refractivity contribution in [3.63, 3.8) is 0 Å². The number of rotatable bonds is 3. The lowest BCUT2D eigenvalue weighted by Crippen LogP contribution is -2.31. The van der Waals surface area contributed by atoms with Crippen LogP contribution in [0.3, 0.4) is 0 Å². The first-order chi connectivity index (χ1) is 8.99. The number of hydrogen-bond donors (Lipinski definition) is 2. The van der Waals surface area contributed by atoms with Crippen LogP contribution in [-0.2, 0) is 14.4 Å². The molecule has 1 amide bonds. The van der Waals surface area contributed by atoms with Crippen molar-refractivity contribution in [1.29, 1.82) is 0 Å². The smallest absolute Gasteiger partial charge is 0.348 e. The maximum atomic E-state index is 11.8. The average Bonchev–Trinajstić information content (AvgIpc) is 2.68. The van der Waals surface area contributed by atoms with Gasteiger partial charge in [-0.3, -0.25) is 4.79 Å². The van der Waals surface area contributed by atoms with Crippen LogP contribution in [0.15, 0.2) is 28.3 Å². The Balaban J connectivity index is 2.27. The summed E-state index contributed by atoms with van der Waals surface area (Å²) in [5.41, 5.74) is 2.28. The van der Waals surface area contributed by atoms with Crippen molar-refractivity contribution < 1.29 is 14.4 Å². The van der Waals surface area contributed by atoms with E-state index in [1.807, 2.05) is 25.1 Å². The highest BCUT2D eigenvalue weighted by Crippen LogP contribution is 2.29. The van der Waals surface area contributed by atoms with Gasteiger partial charge in [0.15, 0.2) is 0 Å². The Morgan fingerprint density at radius 1 is 1.53 bits per heavy atom. The van der Waals surface area contributed by atoms with Crippen molar-refractivity contribution in [3.8, 4) is 0 Å². The fraction of sp³-hybridized carbons (Fsp3) is 0.308. The fourth-order valence-electron chi connectivity index (χ4n) is 1.90. The summed E-state index contributed by atoms with van der Waals surface area (Å²) in [5.74, 6) is -1.23. The second kappa shape index (κ2) is 5.44. The average molecular weight is 278 g/mol. The Labute approximate surface area is 116 Å². The van der Waals surface area contributed by atoms with Crippen molar-refractivity contribution in [3.05, 3.63) is 29.3 Å². The molecule has 0 saturated heterocycles. The molecule has 19 heavy (non-hydrogen) atoms. The molecule has 5 nitrogen and oxygen atoms in total. The van der Waals surface area contributed by atoms with Crippen LogP contribution in [0, 0.1) is 6.92 Å². The minimum Gasteiger partial charge on any atom is -0.351 e. The van der Waals surface area contributed by atoms with Crippen LogP contribution < -0.4 is 5.32 Å². The number of carbonyl (C=O) groups is 2. The van der Waals surface area contributed by atoms with E-state index in [-0.39, 0.29) is 12.5 Å². The largest absolute Gasteiger partial charge is 0.351 e. The van der Waals surface area contributed by atoms with Crippen molar-refractivity contribution in [2.75, 3.05) is 6.54 Å². The van der Waals surface area contributed by atoms with E-state index in [1.165, 1.54) is 6.92 Å². The molecule has 0 spiro atoms. The summed E-state index contributed by atoms with van der Waals surface area (Å²) in [6, 6.07) is 5.61. The van der Waals surface area contributed by atoms with E-state index < -0.39 is 11.9 Å². The number of thiol groups is 1. The molecular weight excluding hydrogens is 264 g/mol. The summed E-state index contributed by atoms with van der Waals surface area (Å²) < 4.78 is 0. The van der Waals surface area contributed by atoms with Crippen molar-refractivity contribution in [1.82, 2.24) is 5.32 Å². The Bertz CT molecular complexity index is 569. The quantitative estimate of drug-likeness (QED) is 0.649. The maximum Gasteiger partial charge on any atom is 0.348 e. The lowest BCUT2D eigenvalue weighted by Gasteiger charge is -2.12. The number of nitrogens with one attached hydrogen (secondary N) is 1. The van der Waals surface area contributed by atoms with Crippen LogP contribution in [0.4, 0.5) is 0 Å². The number of aryl methyl sites for hydroxylation is 1. The van der Waals surface area contributed by atoms with Gasteiger partial charge in [-0.25, -0.2) is 4.79 Å².